The van der Waals surface area contributed by atoms with Gasteiger partial charge in [-0.1, -0.05) is 38.4 Å². The minimum absolute atomic E-state index is 0.0305. The number of ether oxygens (including phenoxy) is 1. The summed E-state index contributed by atoms with van der Waals surface area (Å²) in [6.45, 7) is 7.64. The molecule has 2 fully saturated rings. The summed E-state index contributed by atoms with van der Waals surface area (Å²) in [5.74, 6) is -1.19. The molecule has 0 saturated carbocycles. The summed E-state index contributed by atoms with van der Waals surface area (Å²) in [6, 6.07) is 4.78. The van der Waals surface area contributed by atoms with Gasteiger partial charge in [0, 0.05) is 36.9 Å². The van der Waals surface area contributed by atoms with Crippen LogP contribution in [0.2, 0.25) is 5.02 Å². The molecular formula is C22H30ClN3O4. The third kappa shape index (κ3) is 5.52. The van der Waals surface area contributed by atoms with Gasteiger partial charge in [-0.25, -0.2) is 0 Å². The lowest BCUT2D eigenvalue weighted by atomic mass is 9.87. The van der Waals surface area contributed by atoms with Crippen molar-refractivity contribution in [3.8, 4) is 0 Å². The van der Waals surface area contributed by atoms with Crippen molar-refractivity contribution in [3.63, 3.8) is 0 Å². The van der Waals surface area contributed by atoms with Gasteiger partial charge in [0.1, 0.15) is 6.04 Å². The topological polar surface area (TPSA) is 96.5 Å². The first kappa shape index (κ1) is 22.6. The molecule has 3 amide bonds. The second-order valence-electron chi connectivity index (χ2n) is 9.08. The second kappa shape index (κ2) is 9.35. The number of hydrogen-bond donors (Lipinski definition) is 3. The lowest BCUT2D eigenvalue weighted by molar-refractivity contribution is -0.131. The average Bonchev–Trinajstić information content (AvgIpc) is 3.12. The minimum Gasteiger partial charge on any atom is -0.381 e. The smallest absolute Gasteiger partial charge is 0.247 e. The largest absolute Gasteiger partial charge is 0.381 e. The fourth-order valence-electron chi connectivity index (χ4n) is 3.93. The number of nitrogens with one attached hydrogen (secondary N) is 3. The van der Waals surface area contributed by atoms with Crippen molar-refractivity contribution in [2.24, 2.45) is 11.8 Å². The van der Waals surface area contributed by atoms with Crippen molar-refractivity contribution in [1.29, 1.82) is 0 Å². The molecule has 2 atom stereocenters. The van der Waals surface area contributed by atoms with E-state index in [1.54, 1.807) is 6.07 Å². The molecule has 2 saturated heterocycles. The molecule has 3 rings (SSSR count). The Labute approximate surface area is 182 Å². The molecule has 1 aromatic rings. The van der Waals surface area contributed by atoms with Crippen LogP contribution in [0, 0.1) is 11.8 Å². The van der Waals surface area contributed by atoms with Crippen LogP contribution >= 0.6 is 11.6 Å². The molecule has 2 aliphatic heterocycles. The van der Waals surface area contributed by atoms with Gasteiger partial charge in [0.25, 0.3) is 0 Å². The molecule has 2 aliphatic rings. The Bertz CT molecular complexity index is 815. The van der Waals surface area contributed by atoms with Crippen molar-refractivity contribution in [2.75, 3.05) is 25.1 Å². The summed E-state index contributed by atoms with van der Waals surface area (Å²) in [5, 5.41) is 9.04. The number of amides is 3. The van der Waals surface area contributed by atoms with Gasteiger partial charge in [0.05, 0.1) is 5.92 Å². The normalized spacial score (nSPS) is 21.1. The van der Waals surface area contributed by atoms with E-state index in [0.717, 1.165) is 5.56 Å². The Morgan fingerprint density at radius 1 is 1.23 bits per heavy atom. The van der Waals surface area contributed by atoms with Crippen molar-refractivity contribution in [2.45, 2.75) is 51.5 Å². The third-order valence-electron chi connectivity index (χ3n) is 5.71. The Balaban J connectivity index is 1.74. The first-order chi connectivity index (χ1) is 14.1. The Morgan fingerprint density at radius 3 is 2.50 bits per heavy atom. The second-order valence-corrected chi connectivity index (χ2v) is 9.48. The van der Waals surface area contributed by atoms with Crippen LogP contribution in [0.1, 0.15) is 45.6 Å². The van der Waals surface area contributed by atoms with Crippen LogP contribution in [0.25, 0.3) is 0 Å². The molecule has 0 aromatic heterocycles. The Kier molecular flexibility index (Phi) is 7.03. The monoisotopic (exact) mass is 435 g/mol. The summed E-state index contributed by atoms with van der Waals surface area (Å²) < 4.78 is 5.41. The van der Waals surface area contributed by atoms with Gasteiger partial charge >= 0.3 is 0 Å². The summed E-state index contributed by atoms with van der Waals surface area (Å²) >= 11 is 6.43. The quantitative estimate of drug-likeness (QED) is 0.662. The number of benzene rings is 1. The van der Waals surface area contributed by atoms with E-state index in [2.05, 4.69) is 36.7 Å². The molecule has 1 aromatic carbocycles. The molecule has 2 heterocycles. The van der Waals surface area contributed by atoms with E-state index in [4.69, 9.17) is 16.3 Å². The fourth-order valence-corrected chi connectivity index (χ4v) is 4.39. The molecule has 3 N–H and O–H groups in total. The third-order valence-corrected chi connectivity index (χ3v) is 6.02. The molecule has 0 unspecified atom stereocenters. The van der Waals surface area contributed by atoms with Crippen molar-refractivity contribution < 1.29 is 19.1 Å². The van der Waals surface area contributed by atoms with Crippen LogP contribution in [0.4, 0.5) is 5.69 Å². The van der Waals surface area contributed by atoms with Crippen LogP contribution in [0.5, 0.6) is 0 Å². The number of carbonyl (C=O) groups excluding carboxylic acids is 3. The van der Waals surface area contributed by atoms with Crippen LogP contribution < -0.4 is 16.0 Å². The van der Waals surface area contributed by atoms with E-state index in [-0.39, 0.29) is 35.5 Å². The van der Waals surface area contributed by atoms with Crippen molar-refractivity contribution >= 4 is 35.0 Å². The number of carbonyl (C=O) groups is 3. The van der Waals surface area contributed by atoms with Crippen molar-refractivity contribution in [1.82, 2.24) is 10.6 Å². The predicted molar refractivity (Wildman–Crippen MR) is 115 cm³/mol. The van der Waals surface area contributed by atoms with E-state index in [0.29, 0.717) is 43.3 Å². The van der Waals surface area contributed by atoms with Crippen LogP contribution in [-0.2, 0) is 24.5 Å². The van der Waals surface area contributed by atoms with Crippen LogP contribution in [0.15, 0.2) is 18.2 Å². The van der Waals surface area contributed by atoms with E-state index in [9.17, 15) is 14.4 Å². The zero-order chi connectivity index (χ0) is 21.9. The highest BCUT2D eigenvalue weighted by molar-refractivity contribution is 6.31. The summed E-state index contributed by atoms with van der Waals surface area (Å²) in [4.78, 5) is 37.3. The maximum atomic E-state index is 13.1. The SMILES string of the molecule is CC(C)(C)c1ccc(NC(=O)[C@@H](NC(=O)[C@H]2CNC(=O)C2)C2CCOCC2)cc1Cl. The molecule has 0 radical (unpaired) electrons. The zero-order valence-electron chi connectivity index (χ0n) is 17.7. The summed E-state index contributed by atoms with van der Waals surface area (Å²) in [5.41, 5.74) is 1.47. The molecule has 30 heavy (non-hydrogen) atoms. The Hall–Kier alpha value is -2.12. The molecule has 7 nitrogen and oxygen atoms in total. The first-order valence-electron chi connectivity index (χ1n) is 10.4. The van der Waals surface area contributed by atoms with Crippen LogP contribution in [-0.4, -0.2) is 43.5 Å². The highest BCUT2D eigenvalue weighted by atomic mass is 35.5. The van der Waals surface area contributed by atoms with Gasteiger partial charge < -0.3 is 20.7 Å². The number of hydrogen-bond acceptors (Lipinski definition) is 4. The summed E-state index contributed by atoms with van der Waals surface area (Å²) in [6.07, 6.45) is 1.52. The molecule has 8 heteroatoms. The average molecular weight is 436 g/mol. The highest BCUT2D eigenvalue weighted by Crippen LogP contribution is 2.31. The van der Waals surface area contributed by atoms with Gasteiger partial charge in [-0.15, -0.1) is 0 Å². The molecule has 0 aliphatic carbocycles. The standard InChI is InChI=1S/C22H30ClN3O4/c1-22(2,3)16-5-4-15(11-17(16)23)25-21(29)19(13-6-8-30-9-7-13)26-20(28)14-10-18(27)24-12-14/h4-5,11,13-14,19H,6-10,12H2,1-3H3,(H,24,27)(H,25,29)(H,26,28)/t14-,19+/m1/s1. The van der Waals surface area contributed by atoms with Gasteiger partial charge in [-0.2, -0.15) is 0 Å². The number of rotatable bonds is 5. The zero-order valence-corrected chi connectivity index (χ0v) is 18.5. The lowest BCUT2D eigenvalue weighted by Crippen LogP contribution is -2.51. The molecule has 0 spiro atoms. The Morgan fingerprint density at radius 2 is 1.93 bits per heavy atom. The number of halogens is 1. The molecular weight excluding hydrogens is 406 g/mol. The first-order valence-corrected chi connectivity index (χ1v) is 10.8. The maximum Gasteiger partial charge on any atom is 0.247 e. The van der Waals surface area contributed by atoms with E-state index in [1.165, 1.54) is 0 Å². The van der Waals surface area contributed by atoms with Crippen LogP contribution in [0.3, 0.4) is 0 Å². The lowest BCUT2D eigenvalue weighted by Gasteiger charge is -2.31. The van der Waals surface area contributed by atoms with Gasteiger partial charge in [-0.3, -0.25) is 14.4 Å². The van der Waals surface area contributed by atoms with Gasteiger partial charge in [-0.05, 0) is 41.9 Å². The molecule has 0 bridgehead atoms. The van der Waals surface area contributed by atoms with Gasteiger partial charge in [0.2, 0.25) is 17.7 Å². The number of anilines is 1. The van der Waals surface area contributed by atoms with E-state index in [1.807, 2.05) is 12.1 Å². The predicted octanol–water partition coefficient (Wildman–Crippen LogP) is 2.62. The summed E-state index contributed by atoms with van der Waals surface area (Å²) in [7, 11) is 0. The van der Waals surface area contributed by atoms with Gasteiger partial charge in [0.15, 0.2) is 0 Å². The maximum absolute atomic E-state index is 13.1. The minimum atomic E-state index is -0.696. The fraction of sp³-hybridized carbons (Fsp3) is 0.591. The van der Waals surface area contributed by atoms with E-state index < -0.39 is 12.0 Å². The molecule has 164 valence electrons. The van der Waals surface area contributed by atoms with E-state index >= 15 is 0 Å². The van der Waals surface area contributed by atoms with Crippen molar-refractivity contribution in [3.05, 3.63) is 28.8 Å². The highest BCUT2D eigenvalue weighted by Gasteiger charge is 2.35.